The highest BCUT2D eigenvalue weighted by Crippen LogP contribution is 2.46. The Morgan fingerprint density at radius 3 is 2.42 bits per heavy atom. The Bertz CT molecular complexity index is 318. The molecule has 1 saturated carbocycles. The molecule has 0 aliphatic heterocycles. The zero-order valence-electron chi connectivity index (χ0n) is 6.62. The first kappa shape index (κ1) is 7.43. The molecule has 0 heterocycles. The van der Waals surface area contributed by atoms with Crippen molar-refractivity contribution < 1.29 is 10.2 Å². The van der Waals surface area contributed by atoms with E-state index >= 15 is 0 Å². The first-order valence-electron chi connectivity index (χ1n) is 3.93. The van der Waals surface area contributed by atoms with Gasteiger partial charge in [-0.15, -0.1) is 0 Å². The maximum atomic E-state index is 9.43. The zero-order chi connectivity index (χ0) is 8.77. The van der Waals surface area contributed by atoms with Crippen molar-refractivity contribution in [1.82, 2.24) is 0 Å². The fraction of sp³-hybridized carbons (Fsp3) is 0.333. The van der Waals surface area contributed by atoms with Crippen LogP contribution in [0, 0.1) is 0 Å². The fourth-order valence-corrected chi connectivity index (χ4v) is 1.35. The standard InChI is InChI=1S/C9H11NO2/c10-9(3-4-9)7-2-1-6(11)5-8(7)12/h1-2,5,11-12H,3-4,10H2. The number of rotatable bonds is 1. The summed E-state index contributed by atoms with van der Waals surface area (Å²) < 4.78 is 0. The highest BCUT2D eigenvalue weighted by atomic mass is 16.3. The van der Waals surface area contributed by atoms with Crippen LogP contribution < -0.4 is 5.73 Å². The van der Waals surface area contributed by atoms with Crippen molar-refractivity contribution in [1.29, 1.82) is 0 Å². The smallest absolute Gasteiger partial charge is 0.124 e. The van der Waals surface area contributed by atoms with E-state index in [0.29, 0.717) is 0 Å². The first-order valence-corrected chi connectivity index (χ1v) is 3.93. The highest BCUT2D eigenvalue weighted by Gasteiger charge is 2.41. The number of hydrogen-bond donors (Lipinski definition) is 3. The van der Waals surface area contributed by atoms with Crippen molar-refractivity contribution in [2.24, 2.45) is 5.73 Å². The summed E-state index contributed by atoms with van der Waals surface area (Å²) in [5, 5.41) is 18.4. The summed E-state index contributed by atoms with van der Waals surface area (Å²) in [4.78, 5) is 0. The van der Waals surface area contributed by atoms with Gasteiger partial charge in [0.15, 0.2) is 0 Å². The second kappa shape index (κ2) is 2.14. The molecule has 1 aromatic carbocycles. The summed E-state index contributed by atoms with van der Waals surface area (Å²) in [6.07, 6.45) is 1.82. The van der Waals surface area contributed by atoms with E-state index in [-0.39, 0.29) is 17.0 Å². The molecule has 3 nitrogen and oxygen atoms in total. The minimum absolute atomic E-state index is 0.0699. The molecule has 4 N–H and O–H groups in total. The molecule has 0 spiro atoms. The van der Waals surface area contributed by atoms with Gasteiger partial charge in [-0.1, -0.05) is 0 Å². The van der Waals surface area contributed by atoms with Gasteiger partial charge >= 0.3 is 0 Å². The molecule has 0 atom stereocenters. The van der Waals surface area contributed by atoms with Gasteiger partial charge in [-0.05, 0) is 25.0 Å². The zero-order valence-corrected chi connectivity index (χ0v) is 6.62. The van der Waals surface area contributed by atoms with Crippen LogP contribution in [-0.4, -0.2) is 10.2 Å². The maximum absolute atomic E-state index is 9.43. The van der Waals surface area contributed by atoms with Crippen LogP contribution in [0.4, 0.5) is 0 Å². The monoisotopic (exact) mass is 165 g/mol. The molecule has 12 heavy (non-hydrogen) atoms. The molecule has 1 aliphatic carbocycles. The van der Waals surface area contributed by atoms with Crippen LogP contribution in [0.2, 0.25) is 0 Å². The van der Waals surface area contributed by atoms with Crippen LogP contribution in [0.15, 0.2) is 18.2 Å². The lowest BCUT2D eigenvalue weighted by Crippen LogP contribution is -2.18. The minimum Gasteiger partial charge on any atom is -0.508 e. The van der Waals surface area contributed by atoms with Gasteiger partial charge < -0.3 is 15.9 Å². The predicted octanol–water partition coefficient (Wildman–Crippen LogP) is 1.05. The van der Waals surface area contributed by atoms with E-state index in [4.69, 9.17) is 10.8 Å². The summed E-state index contributed by atoms with van der Waals surface area (Å²) in [6, 6.07) is 4.54. The summed E-state index contributed by atoms with van der Waals surface area (Å²) in [5.41, 5.74) is 6.28. The normalized spacial score (nSPS) is 19.1. The molecule has 0 aromatic heterocycles. The topological polar surface area (TPSA) is 66.5 Å². The van der Waals surface area contributed by atoms with Crippen LogP contribution >= 0.6 is 0 Å². The van der Waals surface area contributed by atoms with Gasteiger partial charge in [0.1, 0.15) is 11.5 Å². The van der Waals surface area contributed by atoms with E-state index in [9.17, 15) is 5.11 Å². The van der Waals surface area contributed by atoms with Gasteiger partial charge in [0.05, 0.1) is 0 Å². The lowest BCUT2D eigenvalue weighted by Gasteiger charge is -2.10. The van der Waals surface area contributed by atoms with Crippen molar-refractivity contribution in [2.75, 3.05) is 0 Å². The van der Waals surface area contributed by atoms with Gasteiger partial charge in [0.25, 0.3) is 0 Å². The molecule has 0 bridgehead atoms. The predicted molar refractivity (Wildman–Crippen MR) is 44.9 cm³/mol. The van der Waals surface area contributed by atoms with Crippen molar-refractivity contribution in [3.63, 3.8) is 0 Å². The van der Waals surface area contributed by atoms with Gasteiger partial charge in [-0.25, -0.2) is 0 Å². The molecule has 0 saturated heterocycles. The van der Waals surface area contributed by atoms with Crippen LogP contribution in [-0.2, 0) is 5.54 Å². The van der Waals surface area contributed by atoms with E-state index in [1.54, 1.807) is 12.1 Å². The number of nitrogens with two attached hydrogens (primary N) is 1. The van der Waals surface area contributed by atoms with Crippen LogP contribution in [0.1, 0.15) is 18.4 Å². The lowest BCUT2D eigenvalue weighted by molar-refractivity contribution is 0.440. The van der Waals surface area contributed by atoms with E-state index < -0.39 is 0 Å². The Labute approximate surface area is 70.4 Å². The second-order valence-electron chi connectivity index (χ2n) is 3.36. The lowest BCUT2D eigenvalue weighted by atomic mass is 10.0. The Morgan fingerprint density at radius 2 is 1.92 bits per heavy atom. The average molecular weight is 165 g/mol. The van der Waals surface area contributed by atoms with E-state index in [2.05, 4.69) is 0 Å². The molecule has 0 amide bonds. The quantitative estimate of drug-likeness (QED) is 0.582. The Balaban J connectivity index is 2.45. The Kier molecular flexibility index (Phi) is 1.32. The number of aromatic hydroxyl groups is 2. The third kappa shape index (κ3) is 1.02. The van der Waals surface area contributed by atoms with Gasteiger partial charge in [-0.2, -0.15) is 0 Å². The second-order valence-corrected chi connectivity index (χ2v) is 3.36. The fourth-order valence-electron chi connectivity index (χ4n) is 1.35. The summed E-state index contributed by atoms with van der Waals surface area (Å²) in [5.74, 6) is 0.163. The minimum atomic E-state index is -0.336. The number of phenols is 2. The maximum Gasteiger partial charge on any atom is 0.124 e. The SMILES string of the molecule is NC1(c2ccc(O)cc2O)CC1. The van der Waals surface area contributed by atoms with Crippen molar-refractivity contribution in [2.45, 2.75) is 18.4 Å². The van der Waals surface area contributed by atoms with Crippen molar-refractivity contribution in [3.05, 3.63) is 23.8 Å². The molecular formula is C9H11NO2. The number of phenolic OH excluding ortho intramolecular Hbond substituents is 2. The molecule has 0 radical (unpaired) electrons. The molecule has 1 aliphatic rings. The first-order chi connectivity index (χ1) is 5.62. The molecule has 2 rings (SSSR count). The van der Waals surface area contributed by atoms with Crippen LogP contribution in [0.5, 0.6) is 11.5 Å². The molecule has 1 aromatic rings. The van der Waals surface area contributed by atoms with Crippen molar-refractivity contribution >= 4 is 0 Å². The van der Waals surface area contributed by atoms with E-state index in [1.165, 1.54) is 6.07 Å². The summed E-state index contributed by atoms with van der Waals surface area (Å²) >= 11 is 0. The Hall–Kier alpha value is -1.22. The number of benzene rings is 1. The highest BCUT2D eigenvalue weighted by molar-refractivity contribution is 5.45. The van der Waals surface area contributed by atoms with Gasteiger partial charge in [-0.3, -0.25) is 0 Å². The molecule has 3 heteroatoms. The third-order valence-electron chi connectivity index (χ3n) is 2.31. The largest absolute Gasteiger partial charge is 0.508 e. The number of hydrogen-bond acceptors (Lipinski definition) is 3. The summed E-state index contributed by atoms with van der Waals surface area (Å²) in [6.45, 7) is 0. The molecule has 1 fully saturated rings. The molecule has 0 unspecified atom stereocenters. The van der Waals surface area contributed by atoms with Crippen LogP contribution in [0.3, 0.4) is 0 Å². The molecule has 64 valence electrons. The van der Waals surface area contributed by atoms with Crippen molar-refractivity contribution in [3.8, 4) is 11.5 Å². The van der Waals surface area contributed by atoms with Crippen LogP contribution in [0.25, 0.3) is 0 Å². The van der Waals surface area contributed by atoms with E-state index in [0.717, 1.165) is 18.4 Å². The van der Waals surface area contributed by atoms with Gasteiger partial charge in [0.2, 0.25) is 0 Å². The summed E-state index contributed by atoms with van der Waals surface area (Å²) in [7, 11) is 0. The average Bonchev–Trinajstić information content (AvgIpc) is 2.68. The van der Waals surface area contributed by atoms with E-state index in [1.807, 2.05) is 0 Å². The van der Waals surface area contributed by atoms with Gasteiger partial charge in [0, 0.05) is 17.2 Å². The Morgan fingerprint density at radius 1 is 1.25 bits per heavy atom. The third-order valence-corrected chi connectivity index (χ3v) is 2.31. The molecular weight excluding hydrogens is 154 g/mol.